The maximum Gasteiger partial charge on any atom is 0.300 e. The average Bonchev–Trinajstić information content (AvgIpc) is 3.15. The average molecular weight is 472 g/mol. The number of para-hydroxylation sites is 1. The molecule has 0 aromatic heterocycles. The van der Waals surface area contributed by atoms with E-state index in [1.165, 1.54) is 12.0 Å². The topological polar surface area (TPSA) is 85.3 Å². The Kier molecular flexibility index (Phi) is 5.68. The number of hydrogen-bond acceptors (Lipinski definition) is 6. The highest BCUT2D eigenvalue weighted by molar-refractivity contribution is 6.51. The van der Waals surface area contributed by atoms with Crippen LogP contribution in [0.25, 0.3) is 5.76 Å². The van der Waals surface area contributed by atoms with Crippen LogP contribution in [0.4, 0.5) is 5.69 Å². The summed E-state index contributed by atoms with van der Waals surface area (Å²) in [6.45, 7) is 4.72. The molecule has 1 saturated heterocycles. The molecule has 5 rings (SSSR count). The molecule has 1 atom stereocenters. The fourth-order valence-electron chi connectivity index (χ4n) is 4.51. The highest BCUT2D eigenvalue weighted by atomic mass is 16.6. The van der Waals surface area contributed by atoms with Crippen molar-refractivity contribution in [2.45, 2.75) is 19.9 Å². The molecule has 1 amide bonds. The van der Waals surface area contributed by atoms with Crippen molar-refractivity contribution < 1.29 is 28.9 Å². The highest BCUT2D eigenvalue weighted by Gasteiger charge is 2.48. The summed E-state index contributed by atoms with van der Waals surface area (Å²) in [5.41, 5.74) is 3.51. The Labute approximate surface area is 203 Å². The van der Waals surface area contributed by atoms with Gasteiger partial charge in [0.2, 0.25) is 0 Å². The molecule has 0 aliphatic carbocycles. The molecule has 0 spiro atoms. The molecule has 3 aromatic rings. The third kappa shape index (κ3) is 3.79. The zero-order valence-electron chi connectivity index (χ0n) is 19.7. The molecule has 7 heteroatoms. The smallest absolute Gasteiger partial charge is 0.300 e. The molecule has 0 radical (unpaired) electrons. The Balaban J connectivity index is 1.73. The van der Waals surface area contributed by atoms with Gasteiger partial charge >= 0.3 is 0 Å². The molecule has 3 aromatic carbocycles. The number of fused-ring (bicyclic) bond motifs is 1. The fourth-order valence-corrected chi connectivity index (χ4v) is 4.51. The van der Waals surface area contributed by atoms with Gasteiger partial charge in [0, 0.05) is 22.9 Å². The quantitative estimate of drug-likeness (QED) is 0.337. The lowest BCUT2D eigenvalue weighted by Gasteiger charge is -2.28. The minimum Gasteiger partial charge on any atom is -0.507 e. The van der Waals surface area contributed by atoms with Gasteiger partial charge in [0.05, 0.1) is 18.7 Å². The van der Waals surface area contributed by atoms with Gasteiger partial charge in [-0.1, -0.05) is 30.3 Å². The Morgan fingerprint density at radius 3 is 2.43 bits per heavy atom. The van der Waals surface area contributed by atoms with Gasteiger partial charge in [0.25, 0.3) is 11.7 Å². The predicted molar refractivity (Wildman–Crippen MR) is 131 cm³/mol. The molecule has 178 valence electrons. The van der Waals surface area contributed by atoms with Gasteiger partial charge in [-0.2, -0.15) is 0 Å². The number of aliphatic hydroxyl groups excluding tert-OH is 1. The van der Waals surface area contributed by atoms with E-state index in [1.807, 2.05) is 26.0 Å². The lowest BCUT2D eigenvalue weighted by atomic mass is 9.93. The van der Waals surface area contributed by atoms with E-state index in [1.54, 1.807) is 48.5 Å². The van der Waals surface area contributed by atoms with E-state index in [9.17, 15) is 14.7 Å². The Morgan fingerprint density at radius 1 is 0.943 bits per heavy atom. The second-order valence-corrected chi connectivity index (χ2v) is 8.54. The van der Waals surface area contributed by atoms with Crippen molar-refractivity contribution in [1.29, 1.82) is 0 Å². The summed E-state index contributed by atoms with van der Waals surface area (Å²) in [5.74, 6) is -0.200. The molecule has 2 heterocycles. The molecule has 1 N–H and O–H groups in total. The van der Waals surface area contributed by atoms with Gasteiger partial charge in [-0.25, -0.2) is 0 Å². The second-order valence-electron chi connectivity index (χ2n) is 8.54. The van der Waals surface area contributed by atoms with Crippen LogP contribution in [0.15, 0.2) is 66.2 Å². The predicted octanol–water partition coefficient (Wildman–Crippen LogP) is 4.71. The molecule has 1 unspecified atom stereocenters. The number of aryl methyl sites for hydroxylation is 2. The first kappa shape index (κ1) is 22.5. The molecular weight excluding hydrogens is 446 g/mol. The number of ether oxygens (including phenoxy) is 3. The third-order valence-electron chi connectivity index (χ3n) is 6.46. The van der Waals surface area contributed by atoms with E-state index in [0.717, 1.165) is 11.1 Å². The number of ketones is 1. The van der Waals surface area contributed by atoms with Crippen molar-refractivity contribution >= 4 is 23.1 Å². The number of Topliss-reactive ketones (excluding diaryl/α,β-unsaturated/α-hetero) is 1. The van der Waals surface area contributed by atoms with Crippen LogP contribution >= 0.6 is 0 Å². The van der Waals surface area contributed by atoms with E-state index in [-0.39, 0.29) is 11.3 Å². The van der Waals surface area contributed by atoms with Crippen molar-refractivity contribution in [3.05, 3.63) is 88.5 Å². The van der Waals surface area contributed by atoms with Gasteiger partial charge in [-0.3, -0.25) is 14.5 Å². The number of carbonyl (C=O) groups is 2. The maximum absolute atomic E-state index is 13.4. The standard InChI is InChI=1S/C28H25NO6/c1-16-8-9-18(14-17(16)2)26(30)24-25(20-6-4-5-7-21(20)33-3)29(28(32)27(24)31)19-10-11-22-23(15-19)35-13-12-34-22/h4-11,14-15,25,30H,12-13H2,1-3H3/b26-24+. The van der Waals surface area contributed by atoms with Crippen LogP contribution in [0, 0.1) is 13.8 Å². The van der Waals surface area contributed by atoms with E-state index in [2.05, 4.69) is 0 Å². The van der Waals surface area contributed by atoms with Crippen LogP contribution in [0.1, 0.15) is 28.3 Å². The first-order valence-corrected chi connectivity index (χ1v) is 11.3. The Bertz CT molecular complexity index is 1380. The van der Waals surface area contributed by atoms with Crippen molar-refractivity contribution in [1.82, 2.24) is 0 Å². The first-order valence-electron chi connectivity index (χ1n) is 11.3. The molecule has 1 fully saturated rings. The molecule has 35 heavy (non-hydrogen) atoms. The summed E-state index contributed by atoms with van der Waals surface area (Å²) in [5, 5.41) is 11.4. The summed E-state index contributed by atoms with van der Waals surface area (Å²) in [7, 11) is 1.53. The number of aliphatic hydroxyl groups is 1. The molecule has 0 saturated carbocycles. The van der Waals surface area contributed by atoms with Gasteiger partial charge in [0.15, 0.2) is 11.5 Å². The van der Waals surface area contributed by atoms with Crippen LogP contribution in [0.5, 0.6) is 17.2 Å². The fraction of sp³-hybridized carbons (Fsp3) is 0.214. The summed E-state index contributed by atoms with van der Waals surface area (Å²) in [6.07, 6.45) is 0. The Morgan fingerprint density at radius 2 is 1.69 bits per heavy atom. The van der Waals surface area contributed by atoms with E-state index in [0.29, 0.717) is 47.3 Å². The van der Waals surface area contributed by atoms with E-state index >= 15 is 0 Å². The lowest BCUT2D eigenvalue weighted by Crippen LogP contribution is -2.30. The number of methoxy groups -OCH3 is 1. The van der Waals surface area contributed by atoms with Gasteiger partial charge in [0.1, 0.15) is 24.7 Å². The lowest BCUT2D eigenvalue weighted by molar-refractivity contribution is -0.132. The van der Waals surface area contributed by atoms with Crippen LogP contribution < -0.4 is 19.1 Å². The number of carbonyl (C=O) groups excluding carboxylic acids is 2. The van der Waals surface area contributed by atoms with E-state index < -0.39 is 17.7 Å². The minimum absolute atomic E-state index is 0.00218. The number of rotatable bonds is 4. The van der Waals surface area contributed by atoms with Gasteiger partial charge in [-0.15, -0.1) is 0 Å². The monoisotopic (exact) mass is 471 g/mol. The normalized spacial score (nSPS) is 18.6. The first-order chi connectivity index (χ1) is 16.9. The summed E-state index contributed by atoms with van der Waals surface area (Å²) < 4.78 is 16.9. The number of anilines is 1. The zero-order valence-corrected chi connectivity index (χ0v) is 19.7. The number of amides is 1. The third-order valence-corrected chi connectivity index (χ3v) is 6.46. The summed E-state index contributed by atoms with van der Waals surface area (Å²) in [4.78, 5) is 28.2. The molecule has 0 bridgehead atoms. The minimum atomic E-state index is -0.907. The summed E-state index contributed by atoms with van der Waals surface area (Å²) in [6, 6.07) is 16.8. The maximum atomic E-state index is 13.4. The number of hydrogen-bond donors (Lipinski definition) is 1. The molecule has 2 aliphatic heterocycles. The highest BCUT2D eigenvalue weighted by Crippen LogP contribution is 2.46. The summed E-state index contributed by atoms with van der Waals surface area (Å²) >= 11 is 0. The number of benzene rings is 3. The van der Waals surface area contributed by atoms with Crippen LogP contribution in [-0.4, -0.2) is 37.1 Å². The van der Waals surface area contributed by atoms with Crippen LogP contribution in [0.2, 0.25) is 0 Å². The SMILES string of the molecule is COc1ccccc1C1/C(=C(\O)c2ccc(C)c(C)c2)C(=O)C(=O)N1c1ccc2c(c1)OCCO2. The zero-order chi connectivity index (χ0) is 24.7. The van der Waals surface area contributed by atoms with Crippen LogP contribution in [-0.2, 0) is 9.59 Å². The van der Waals surface area contributed by atoms with Crippen molar-refractivity contribution in [2.75, 3.05) is 25.2 Å². The van der Waals surface area contributed by atoms with E-state index in [4.69, 9.17) is 14.2 Å². The molecular formula is C28H25NO6. The number of nitrogens with zero attached hydrogens (tertiary/aromatic N) is 1. The van der Waals surface area contributed by atoms with Crippen LogP contribution in [0.3, 0.4) is 0 Å². The van der Waals surface area contributed by atoms with Crippen molar-refractivity contribution in [3.8, 4) is 17.2 Å². The molecule has 2 aliphatic rings. The van der Waals surface area contributed by atoms with Gasteiger partial charge in [-0.05, 0) is 49.2 Å². The van der Waals surface area contributed by atoms with Crippen molar-refractivity contribution in [3.63, 3.8) is 0 Å². The Hall–Kier alpha value is -4.26. The van der Waals surface area contributed by atoms with Crippen molar-refractivity contribution in [2.24, 2.45) is 0 Å². The largest absolute Gasteiger partial charge is 0.507 e. The molecule has 7 nitrogen and oxygen atoms in total. The van der Waals surface area contributed by atoms with Gasteiger partial charge < -0.3 is 19.3 Å². The second kappa shape index (κ2) is 8.83.